The largest absolute Gasteiger partial charge is 0.387 e. The topological polar surface area (TPSA) is 117 Å². The summed E-state index contributed by atoms with van der Waals surface area (Å²) >= 11 is 0. The monoisotopic (exact) mass is 485 g/mol. The third-order valence-electron chi connectivity index (χ3n) is 7.44. The lowest BCUT2D eigenvalue weighted by Gasteiger charge is -2.47. The molecule has 1 spiro atoms. The van der Waals surface area contributed by atoms with Crippen molar-refractivity contribution in [3.8, 4) is 5.82 Å². The Morgan fingerprint density at radius 1 is 1.24 bits per heavy atom. The first-order valence-electron chi connectivity index (χ1n) is 11.8. The third-order valence-corrected chi connectivity index (χ3v) is 9.03. The standard InChI is InChI=1S/C23H31N7O3S/c1-17-19(4-5-21(25-17)30-16-24-26-27-30)20(31)14-28-11-8-23(9-12-28)7-3-10-29(22(23)32)18-6-13-34(2,33)15-18/h4-5,15-16,20,31H,2-3,6-14H2,1H3. The molecule has 0 aliphatic carbocycles. The number of aryl methyl sites for hydroxylation is 1. The van der Waals surface area contributed by atoms with Crippen LogP contribution < -0.4 is 0 Å². The summed E-state index contributed by atoms with van der Waals surface area (Å²) in [6, 6.07) is 3.66. The fourth-order valence-corrected chi connectivity index (χ4v) is 6.87. The quantitative estimate of drug-likeness (QED) is 0.625. The fraction of sp³-hybridized carbons (Fsp3) is 0.565. The van der Waals surface area contributed by atoms with E-state index < -0.39 is 15.6 Å². The van der Waals surface area contributed by atoms with Crippen molar-refractivity contribution < 1.29 is 14.1 Å². The van der Waals surface area contributed by atoms with Crippen LogP contribution in [0.1, 0.15) is 49.5 Å². The number of rotatable bonds is 5. The molecular formula is C23H31N7O3S. The average molecular weight is 486 g/mol. The molecule has 2 aromatic rings. The number of hydrogen-bond donors (Lipinski definition) is 1. The number of likely N-dealkylation sites (tertiary alicyclic amines) is 2. The number of tetrazole rings is 1. The Balaban J connectivity index is 1.22. The van der Waals surface area contributed by atoms with Crippen molar-refractivity contribution in [2.75, 3.05) is 31.9 Å². The number of hydrogen-bond acceptors (Lipinski definition) is 8. The molecule has 2 atom stereocenters. The Labute approximate surface area is 199 Å². The van der Waals surface area contributed by atoms with Gasteiger partial charge in [-0.1, -0.05) is 6.07 Å². The summed E-state index contributed by atoms with van der Waals surface area (Å²) in [4.78, 5) is 22.1. The Hall–Kier alpha value is -2.63. The van der Waals surface area contributed by atoms with Gasteiger partial charge < -0.3 is 14.9 Å². The number of aliphatic hydroxyl groups is 1. The number of nitrogens with zero attached hydrogens (tertiary/aromatic N) is 7. The van der Waals surface area contributed by atoms with Crippen LogP contribution in [0.25, 0.3) is 5.82 Å². The molecule has 3 aliphatic heterocycles. The summed E-state index contributed by atoms with van der Waals surface area (Å²) in [5.74, 6) is 5.12. The normalized spacial score (nSPS) is 26.1. The SMILES string of the molecule is C=S1(=O)C=C(N2CCCC3(CCN(CC(O)c4ccc(-n5cnnn5)nc4C)CC3)C2=O)CC1. The second-order valence-corrected chi connectivity index (χ2v) is 12.1. The van der Waals surface area contributed by atoms with Gasteiger partial charge in [-0.25, -0.2) is 4.98 Å². The molecule has 10 nitrogen and oxygen atoms in total. The smallest absolute Gasteiger partial charge is 0.233 e. The second-order valence-electron chi connectivity index (χ2n) is 9.69. The highest BCUT2D eigenvalue weighted by atomic mass is 32.2. The van der Waals surface area contributed by atoms with Crippen molar-refractivity contribution in [3.05, 3.63) is 40.8 Å². The molecule has 1 N–H and O–H groups in total. The van der Waals surface area contributed by atoms with Crippen molar-refractivity contribution in [1.82, 2.24) is 35.0 Å². The van der Waals surface area contributed by atoms with E-state index in [4.69, 9.17) is 0 Å². The Morgan fingerprint density at radius 2 is 2.03 bits per heavy atom. The summed E-state index contributed by atoms with van der Waals surface area (Å²) < 4.78 is 13.8. The number of aromatic nitrogens is 5. The van der Waals surface area contributed by atoms with Gasteiger partial charge in [0.05, 0.1) is 11.5 Å². The molecule has 0 saturated carbocycles. The van der Waals surface area contributed by atoms with E-state index in [2.05, 4.69) is 31.3 Å². The van der Waals surface area contributed by atoms with Crippen molar-refractivity contribution in [2.45, 2.75) is 45.1 Å². The maximum absolute atomic E-state index is 13.5. The Kier molecular flexibility index (Phi) is 6.03. The zero-order valence-corrected chi connectivity index (χ0v) is 20.3. The lowest BCUT2D eigenvalue weighted by atomic mass is 9.71. The number of piperidine rings is 2. The average Bonchev–Trinajstić information content (AvgIpc) is 3.47. The maximum atomic E-state index is 13.5. The number of β-amino-alcohol motifs (C(OH)–C–C–N with tert-alkyl or cyclic N) is 1. The molecule has 2 unspecified atom stereocenters. The van der Waals surface area contributed by atoms with Crippen LogP contribution in [0.4, 0.5) is 0 Å². The number of amides is 1. The number of carbonyl (C=O) groups excluding carboxylic acids is 1. The lowest BCUT2D eigenvalue weighted by molar-refractivity contribution is -0.147. The first kappa shape index (κ1) is 23.1. The number of carbonyl (C=O) groups is 1. The van der Waals surface area contributed by atoms with Crippen molar-refractivity contribution in [2.24, 2.45) is 5.41 Å². The predicted octanol–water partition coefficient (Wildman–Crippen LogP) is 1.07. The molecule has 3 aliphatic rings. The van der Waals surface area contributed by atoms with E-state index in [0.717, 1.165) is 55.7 Å². The van der Waals surface area contributed by atoms with Crippen LogP contribution in [0.2, 0.25) is 0 Å². The molecule has 2 aromatic heterocycles. The summed E-state index contributed by atoms with van der Waals surface area (Å²) in [5, 5.41) is 23.8. The molecular weight excluding hydrogens is 454 g/mol. The van der Waals surface area contributed by atoms with E-state index in [-0.39, 0.29) is 11.3 Å². The fourth-order valence-electron chi connectivity index (χ4n) is 5.46. The minimum Gasteiger partial charge on any atom is -0.387 e. The minimum atomic E-state index is -2.19. The highest BCUT2D eigenvalue weighted by Gasteiger charge is 2.46. The predicted molar refractivity (Wildman–Crippen MR) is 129 cm³/mol. The lowest BCUT2D eigenvalue weighted by Crippen LogP contribution is -2.53. The number of aliphatic hydroxyl groups excluding tert-OH is 1. The van der Waals surface area contributed by atoms with E-state index in [1.54, 1.807) is 11.5 Å². The highest BCUT2D eigenvalue weighted by Crippen LogP contribution is 2.43. The maximum Gasteiger partial charge on any atom is 0.233 e. The third kappa shape index (κ3) is 4.39. The van der Waals surface area contributed by atoms with Crippen molar-refractivity contribution in [1.29, 1.82) is 0 Å². The first-order chi connectivity index (χ1) is 16.3. The van der Waals surface area contributed by atoms with E-state index in [1.165, 1.54) is 11.0 Å². The van der Waals surface area contributed by atoms with Gasteiger partial charge >= 0.3 is 0 Å². The van der Waals surface area contributed by atoms with Gasteiger partial charge in [0.15, 0.2) is 5.82 Å². The van der Waals surface area contributed by atoms with Crippen LogP contribution >= 0.6 is 0 Å². The van der Waals surface area contributed by atoms with E-state index in [1.807, 2.05) is 17.9 Å². The summed E-state index contributed by atoms with van der Waals surface area (Å²) in [6.07, 6.45) is 4.89. The second kappa shape index (κ2) is 8.86. The molecule has 0 radical (unpaired) electrons. The molecule has 11 heteroatoms. The molecule has 5 heterocycles. The van der Waals surface area contributed by atoms with Crippen LogP contribution in [0.5, 0.6) is 0 Å². The van der Waals surface area contributed by atoms with E-state index in [0.29, 0.717) is 31.1 Å². The Bertz CT molecular complexity index is 1200. The number of pyridine rings is 1. The van der Waals surface area contributed by atoms with E-state index in [9.17, 15) is 14.1 Å². The molecule has 182 valence electrons. The first-order valence-corrected chi connectivity index (χ1v) is 13.7. The molecule has 1 amide bonds. The zero-order chi connectivity index (χ0) is 23.9. The molecule has 2 saturated heterocycles. The van der Waals surface area contributed by atoms with Crippen LogP contribution in [0.3, 0.4) is 0 Å². The zero-order valence-electron chi connectivity index (χ0n) is 19.5. The molecule has 5 rings (SSSR count). The van der Waals surface area contributed by atoms with Crippen LogP contribution in [-0.2, 0) is 14.3 Å². The van der Waals surface area contributed by atoms with Crippen LogP contribution in [-0.4, -0.2) is 88.0 Å². The van der Waals surface area contributed by atoms with Gasteiger partial charge in [0.25, 0.3) is 0 Å². The number of allylic oxidation sites excluding steroid dienone is 1. The van der Waals surface area contributed by atoms with Gasteiger partial charge in [-0.3, -0.25) is 9.00 Å². The van der Waals surface area contributed by atoms with Gasteiger partial charge in [-0.15, -0.1) is 5.10 Å². The summed E-state index contributed by atoms with van der Waals surface area (Å²) in [7, 11) is -2.19. The van der Waals surface area contributed by atoms with Gasteiger partial charge in [-0.2, -0.15) is 4.68 Å². The molecule has 34 heavy (non-hydrogen) atoms. The molecule has 0 bridgehead atoms. The van der Waals surface area contributed by atoms with Crippen molar-refractivity contribution >= 4 is 21.3 Å². The Morgan fingerprint density at radius 3 is 2.68 bits per heavy atom. The van der Waals surface area contributed by atoms with E-state index >= 15 is 0 Å². The van der Waals surface area contributed by atoms with Gasteiger partial charge in [0.2, 0.25) is 5.91 Å². The highest BCUT2D eigenvalue weighted by molar-refractivity contribution is 8.03. The van der Waals surface area contributed by atoms with Gasteiger partial charge in [0, 0.05) is 41.2 Å². The van der Waals surface area contributed by atoms with Crippen LogP contribution in [0, 0.1) is 12.3 Å². The minimum absolute atomic E-state index is 0.181. The van der Waals surface area contributed by atoms with Gasteiger partial charge in [-0.05, 0) is 84.0 Å². The summed E-state index contributed by atoms with van der Waals surface area (Å²) in [6.45, 7) is 4.59. The molecule has 2 fully saturated rings. The van der Waals surface area contributed by atoms with Gasteiger partial charge in [0.1, 0.15) is 6.33 Å². The summed E-state index contributed by atoms with van der Waals surface area (Å²) in [5.41, 5.74) is 2.06. The van der Waals surface area contributed by atoms with Crippen molar-refractivity contribution in [3.63, 3.8) is 0 Å². The van der Waals surface area contributed by atoms with Crippen LogP contribution in [0.15, 0.2) is 29.6 Å². The molecule has 0 aromatic carbocycles.